The summed E-state index contributed by atoms with van der Waals surface area (Å²) in [6, 6.07) is 22.6. The molecular weight excluding hydrogens is 584 g/mol. The van der Waals surface area contributed by atoms with Crippen LogP contribution >= 0.6 is 23.4 Å². The Morgan fingerprint density at radius 2 is 1.63 bits per heavy atom. The van der Waals surface area contributed by atoms with E-state index in [0.29, 0.717) is 31.2 Å². The highest BCUT2D eigenvalue weighted by Crippen LogP contribution is 2.32. The molecule has 2 aliphatic rings. The Morgan fingerprint density at radius 3 is 2.34 bits per heavy atom. The number of anilines is 1. The lowest BCUT2D eigenvalue weighted by atomic mass is 10.2. The van der Waals surface area contributed by atoms with Crippen molar-refractivity contribution in [1.29, 1.82) is 0 Å². The number of carbonyl (C=O) groups excluding carboxylic acids is 3. The van der Waals surface area contributed by atoms with Crippen molar-refractivity contribution < 1.29 is 22.8 Å². The Bertz CT molecular complexity index is 1590. The topological polar surface area (TPSA) is 107 Å². The van der Waals surface area contributed by atoms with Gasteiger partial charge in [-0.05, 0) is 65.9 Å². The zero-order chi connectivity index (χ0) is 29.0. The zero-order valence-corrected chi connectivity index (χ0v) is 24.3. The maximum atomic E-state index is 13.3. The van der Waals surface area contributed by atoms with Gasteiger partial charge in [-0.25, -0.2) is 8.42 Å². The summed E-state index contributed by atoms with van der Waals surface area (Å²) in [4.78, 5) is 41.5. The first kappa shape index (κ1) is 28.9. The van der Waals surface area contributed by atoms with Gasteiger partial charge in [0.2, 0.25) is 10.0 Å². The Morgan fingerprint density at radius 1 is 0.927 bits per heavy atom. The van der Waals surface area contributed by atoms with Crippen LogP contribution in [0.5, 0.6) is 0 Å². The zero-order valence-electron chi connectivity index (χ0n) is 21.9. The van der Waals surface area contributed by atoms with Crippen molar-refractivity contribution in [2.45, 2.75) is 4.90 Å². The maximum absolute atomic E-state index is 13.3. The van der Waals surface area contributed by atoms with Gasteiger partial charge in [-0.1, -0.05) is 48.0 Å². The van der Waals surface area contributed by atoms with Crippen LogP contribution in [-0.2, 0) is 14.8 Å². The van der Waals surface area contributed by atoms with E-state index in [0.717, 1.165) is 27.9 Å². The minimum atomic E-state index is -3.79. The van der Waals surface area contributed by atoms with Gasteiger partial charge in [-0.2, -0.15) is 4.31 Å². The fourth-order valence-electron chi connectivity index (χ4n) is 4.56. The fraction of sp³-hybridized carbons (Fsp3) is 0.207. The number of amides is 3. The van der Waals surface area contributed by atoms with E-state index in [1.165, 1.54) is 28.6 Å². The number of thioether (sulfide) groups is 1. The summed E-state index contributed by atoms with van der Waals surface area (Å²) in [5.41, 5.74) is 1.96. The van der Waals surface area contributed by atoms with Crippen LogP contribution in [0.25, 0.3) is 6.08 Å². The molecule has 0 spiro atoms. The molecule has 2 saturated heterocycles. The second-order valence-electron chi connectivity index (χ2n) is 9.40. The summed E-state index contributed by atoms with van der Waals surface area (Å²) in [6.07, 6.45) is 1.62. The van der Waals surface area contributed by atoms with Crippen molar-refractivity contribution in [2.75, 3.05) is 44.2 Å². The summed E-state index contributed by atoms with van der Waals surface area (Å²) in [7, 11) is -3.79. The van der Waals surface area contributed by atoms with Gasteiger partial charge in [0.05, 0.1) is 9.80 Å². The third-order valence-corrected chi connectivity index (χ3v) is 9.81. The molecule has 3 aromatic carbocycles. The van der Waals surface area contributed by atoms with Crippen molar-refractivity contribution in [1.82, 2.24) is 14.5 Å². The van der Waals surface area contributed by atoms with Gasteiger partial charge < -0.3 is 10.2 Å². The summed E-state index contributed by atoms with van der Waals surface area (Å²) in [5.74, 6) is -0.940. The van der Waals surface area contributed by atoms with E-state index in [9.17, 15) is 22.8 Å². The lowest BCUT2D eigenvalue weighted by Gasteiger charge is -2.35. The number of nitrogens with one attached hydrogen (secondary N) is 1. The minimum Gasteiger partial charge on any atom is -0.369 e. The van der Waals surface area contributed by atoms with Gasteiger partial charge in [-0.3, -0.25) is 19.3 Å². The van der Waals surface area contributed by atoms with Gasteiger partial charge in [0, 0.05) is 55.5 Å². The lowest BCUT2D eigenvalue weighted by molar-refractivity contribution is -0.122. The van der Waals surface area contributed by atoms with Crippen LogP contribution in [0.2, 0.25) is 5.02 Å². The number of piperazine rings is 1. The van der Waals surface area contributed by atoms with Crippen LogP contribution in [-0.4, -0.2) is 73.9 Å². The number of para-hydroxylation sites is 1. The molecule has 41 heavy (non-hydrogen) atoms. The largest absolute Gasteiger partial charge is 0.369 e. The number of imide groups is 1. The fourth-order valence-corrected chi connectivity index (χ4v) is 7.02. The Labute approximate surface area is 247 Å². The predicted molar refractivity (Wildman–Crippen MR) is 160 cm³/mol. The van der Waals surface area contributed by atoms with Crippen molar-refractivity contribution in [3.63, 3.8) is 0 Å². The van der Waals surface area contributed by atoms with E-state index in [2.05, 4.69) is 10.2 Å². The van der Waals surface area contributed by atoms with Crippen LogP contribution in [0.4, 0.5) is 10.5 Å². The molecule has 2 heterocycles. The lowest BCUT2D eigenvalue weighted by Crippen LogP contribution is -2.48. The molecule has 9 nitrogen and oxygen atoms in total. The number of halogens is 1. The third-order valence-electron chi connectivity index (χ3n) is 6.76. The maximum Gasteiger partial charge on any atom is 0.293 e. The van der Waals surface area contributed by atoms with Crippen molar-refractivity contribution in [3.8, 4) is 0 Å². The van der Waals surface area contributed by atoms with Crippen LogP contribution in [0.3, 0.4) is 0 Å². The molecule has 3 amide bonds. The number of hydrogen-bond donors (Lipinski definition) is 1. The van der Waals surface area contributed by atoms with Crippen LogP contribution in [0, 0.1) is 0 Å². The van der Waals surface area contributed by atoms with Crippen molar-refractivity contribution >= 4 is 62.2 Å². The molecule has 0 saturated carbocycles. The first-order valence-corrected chi connectivity index (χ1v) is 15.6. The minimum absolute atomic E-state index is 0.0158. The molecule has 0 aliphatic carbocycles. The van der Waals surface area contributed by atoms with E-state index in [1.54, 1.807) is 30.3 Å². The van der Waals surface area contributed by atoms with E-state index in [-0.39, 0.29) is 28.5 Å². The highest BCUT2D eigenvalue weighted by atomic mass is 35.5. The average molecular weight is 611 g/mol. The van der Waals surface area contributed by atoms with Crippen LogP contribution in [0.1, 0.15) is 15.9 Å². The average Bonchev–Trinajstić information content (AvgIpc) is 3.26. The summed E-state index contributed by atoms with van der Waals surface area (Å²) in [5, 5.41) is 2.82. The quantitative estimate of drug-likeness (QED) is 0.379. The van der Waals surface area contributed by atoms with E-state index in [1.807, 2.05) is 30.3 Å². The molecule has 3 aromatic rings. The van der Waals surface area contributed by atoms with E-state index in [4.69, 9.17) is 11.6 Å². The van der Waals surface area contributed by atoms with Crippen molar-refractivity contribution in [3.05, 3.63) is 99.9 Å². The van der Waals surface area contributed by atoms with Gasteiger partial charge >= 0.3 is 0 Å². The van der Waals surface area contributed by atoms with E-state index >= 15 is 0 Å². The molecule has 0 aromatic heterocycles. The predicted octanol–water partition coefficient (Wildman–Crippen LogP) is 4.32. The summed E-state index contributed by atoms with van der Waals surface area (Å²) >= 11 is 6.73. The molecule has 12 heteroatoms. The number of hydrogen-bond acceptors (Lipinski definition) is 7. The Kier molecular flexibility index (Phi) is 8.79. The molecule has 2 fully saturated rings. The standard InChI is InChI=1S/C29H27ClN4O5S2/c30-23-11-9-21(10-12-23)19-26-28(36)34(29(37)40-26)14-13-31-27(35)22-5-4-8-25(20-22)41(38,39)33-17-15-32(16-18-33)24-6-2-1-3-7-24/h1-12,19-20H,13-18H2,(H,31,35). The highest BCUT2D eigenvalue weighted by molar-refractivity contribution is 8.18. The number of rotatable bonds is 8. The van der Waals surface area contributed by atoms with Gasteiger partial charge in [0.1, 0.15) is 0 Å². The van der Waals surface area contributed by atoms with Crippen LogP contribution in [0.15, 0.2) is 88.7 Å². The normalized spacial score (nSPS) is 17.3. The number of carbonyl (C=O) groups is 3. The second kappa shape index (κ2) is 12.5. The second-order valence-corrected chi connectivity index (χ2v) is 12.8. The molecule has 0 radical (unpaired) electrons. The van der Waals surface area contributed by atoms with Gasteiger partial charge in [-0.15, -0.1) is 0 Å². The smallest absolute Gasteiger partial charge is 0.293 e. The number of sulfonamides is 1. The monoisotopic (exact) mass is 610 g/mol. The highest BCUT2D eigenvalue weighted by Gasteiger charge is 2.35. The molecule has 212 valence electrons. The Hall–Kier alpha value is -3.64. The first-order valence-electron chi connectivity index (χ1n) is 12.9. The van der Waals surface area contributed by atoms with E-state index < -0.39 is 27.1 Å². The molecule has 5 rings (SSSR count). The molecule has 2 aliphatic heterocycles. The summed E-state index contributed by atoms with van der Waals surface area (Å²) < 4.78 is 28.1. The number of benzene rings is 3. The third kappa shape index (κ3) is 6.65. The first-order chi connectivity index (χ1) is 19.7. The number of nitrogens with zero attached hydrogens (tertiary/aromatic N) is 3. The molecular formula is C29H27ClN4O5S2. The summed E-state index contributed by atoms with van der Waals surface area (Å²) in [6.45, 7) is 1.79. The molecule has 0 atom stereocenters. The van der Waals surface area contributed by atoms with Crippen LogP contribution < -0.4 is 10.2 Å². The molecule has 0 bridgehead atoms. The SMILES string of the molecule is O=C(NCCN1C(=O)SC(=Cc2ccc(Cl)cc2)C1=O)c1cccc(S(=O)(=O)N2CCN(c3ccccc3)CC2)c1. The molecule has 1 N–H and O–H groups in total. The van der Waals surface area contributed by atoms with Crippen molar-refractivity contribution in [2.24, 2.45) is 0 Å². The molecule has 0 unspecified atom stereocenters. The van der Waals surface area contributed by atoms with Gasteiger partial charge in [0.25, 0.3) is 17.1 Å². The Balaban J connectivity index is 1.17. The van der Waals surface area contributed by atoms with Gasteiger partial charge in [0.15, 0.2) is 0 Å².